The first-order valence-corrected chi connectivity index (χ1v) is 9.60. The van der Waals surface area contributed by atoms with E-state index in [1.165, 1.54) is 0 Å². The molecule has 0 bridgehead atoms. The van der Waals surface area contributed by atoms with E-state index in [9.17, 15) is 9.90 Å². The third-order valence-corrected chi connectivity index (χ3v) is 4.85. The maximum Gasteiger partial charge on any atom is 0.216 e. The summed E-state index contributed by atoms with van der Waals surface area (Å²) in [6.07, 6.45) is 0. The molecular formula is C22H26O3S2. The molecule has 0 aromatic heterocycles. The zero-order valence-electron chi connectivity index (χ0n) is 16.6. The van der Waals surface area contributed by atoms with Gasteiger partial charge in [-0.15, -0.1) is 12.6 Å². The number of aromatic hydroxyl groups is 1. The van der Waals surface area contributed by atoms with Gasteiger partial charge < -0.3 is 9.84 Å². The lowest BCUT2D eigenvalue weighted by atomic mass is 9.79. The average molecular weight is 403 g/mol. The summed E-state index contributed by atoms with van der Waals surface area (Å²) in [4.78, 5) is 11.3. The first kappa shape index (κ1) is 21.5. The molecule has 3 nitrogen and oxygen atoms in total. The lowest BCUT2D eigenvalue weighted by Gasteiger charge is -2.28. The van der Waals surface area contributed by atoms with Crippen molar-refractivity contribution in [3.63, 3.8) is 0 Å². The highest BCUT2D eigenvalue weighted by atomic mass is 32.1. The van der Waals surface area contributed by atoms with Crippen molar-refractivity contribution in [3.8, 4) is 11.5 Å². The van der Waals surface area contributed by atoms with Crippen molar-refractivity contribution in [1.29, 1.82) is 0 Å². The summed E-state index contributed by atoms with van der Waals surface area (Å²) < 4.78 is 5.94. The number of hydrogen-bond donors (Lipinski definition) is 2. The van der Waals surface area contributed by atoms with Gasteiger partial charge in [-0.1, -0.05) is 41.5 Å². The number of thiol groups is 1. The zero-order valence-corrected chi connectivity index (χ0v) is 18.3. The molecule has 0 saturated carbocycles. The number of hydrogen-bond acceptors (Lipinski definition) is 4. The third-order valence-electron chi connectivity index (χ3n) is 4.28. The molecule has 0 fully saturated rings. The van der Waals surface area contributed by atoms with E-state index in [1.54, 1.807) is 24.3 Å². The molecule has 0 spiro atoms. The molecule has 0 amide bonds. The van der Waals surface area contributed by atoms with Crippen molar-refractivity contribution < 1.29 is 14.6 Å². The highest BCUT2D eigenvalue weighted by molar-refractivity contribution is 7.97. The van der Waals surface area contributed by atoms with E-state index in [2.05, 4.69) is 12.6 Å². The molecule has 1 N–H and O–H groups in total. The van der Waals surface area contributed by atoms with E-state index in [0.717, 1.165) is 11.1 Å². The Morgan fingerprint density at radius 3 is 1.70 bits per heavy atom. The fraction of sp³-hybridized carbons (Fsp3) is 0.364. The van der Waals surface area contributed by atoms with Gasteiger partial charge in [-0.3, -0.25) is 4.79 Å². The summed E-state index contributed by atoms with van der Waals surface area (Å²) in [6, 6.07) is 10.5. The van der Waals surface area contributed by atoms with Crippen LogP contribution in [0, 0.1) is 0 Å². The van der Waals surface area contributed by atoms with Crippen LogP contribution >= 0.6 is 24.8 Å². The van der Waals surface area contributed by atoms with Crippen molar-refractivity contribution >= 4 is 35.0 Å². The minimum absolute atomic E-state index is 0.250. The Morgan fingerprint density at radius 2 is 1.33 bits per heavy atom. The van der Waals surface area contributed by atoms with Gasteiger partial charge in [0.25, 0.3) is 0 Å². The Bertz CT molecular complexity index is 835. The lowest BCUT2D eigenvalue weighted by Crippen LogP contribution is -2.18. The molecule has 0 heterocycles. The van der Waals surface area contributed by atoms with Gasteiger partial charge in [0.2, 0.25) is 5.12 Å². The summed E-state index contributed by atoms with van der Waals surface area (Å²) >= 11 is 9.24. The molecule has 2 aromatic carbocycles. The highest BCUT2D eigenvalue weighted by Crippen LogP contribution is 2.41. The molecule has 0 radical (unpaired) electrons. The number of thiocarbonyl (C=S) groups is 1. The van der Waals surface area contributed by atoms with Crippen LogP contribution in [0.4, 0.5) is 0 Å². The molecule has 0 aliphatic rings. The summed E-state index contributed by atoms with van der Waals surface area (Å²) in [7, 11) is 0. The van der Waals surface area contributed by atoms with E-state index in [-0.39, 0.29) is 15.9 Å². The molecule has 5 heteroatoms. The Kier molecular flexibility index (Phi) is 6.07. The monoisotopic (exact) mass is 402 g/mol. The number of carbonyl (C=O) groups is 1. The van der Waals surface area contributed by atoms with E-state index in [1.807, 2.05) is 53.7 Å². The normalized spacial score (nSPS) is 12.0. The van der Waals surface area contributed by atoms with Crippen molar-refractivity contribution in [2.75, 3.05) is 0 Å². The number of rotatable bonds is 3. The topological polar surface area (TPSA) is 46.5 Å². The van der Waals surface area contributed by atoms with Crippen LogP contribution in [0.15, 0.2) is 36.4 Å². The highest BCUT2D eigenvalue weighted by Gasteiger charge is 2.27. The molecule has 0 saturated heterocycles. The van der Waals surface area contributed by atoms with Gasteiger partial charge in [0.15, 0.2) is 5.05 Å². The van der Waals surface area contributed by atoms with Crippen LogP contribution in [0.5, 0.6) is 11.5 Å². The predicted octanol–water partition coefficient (Wildman–Crippen LogP) is 5.81. The molecule has 0 atom stereocenters. The number of carbonyl (C=O) groups excluding carboxylic acids is 1. The number of ether oxygens (including phenoxy) is 1. The van der Waals surface area contributed by atoms with E-state index >= 15 is 0 Å². The molecule has 27 heavy (non-hydrogen) atoms. The van der Waals surface area contributed by atoms with Crippen LogP contribution in [0.3, 0.4) is 0 Å². The molecule has 0 aliphatic heterocycles. The third kappa shape index (κ3) is 5.11. The maximum absolute atomic E-state index is 11.3. The summed E-state index contributed by atoms with van der Waals surface area (Å²) in [5.74, 6) is 0.881. The van der Waals surface area contributed by atoms with Crippen LogP contribution in [0.25, 0.3) is 0 Å². The van der Waals surface area contributed by atoms with Crippen LogP contribution in [-0.2, 0) is 10.8 Å². The molecule has 144 valence electrons. The van der Waals surface area contributed by atoms with Crippen molar-refractivity contribution in [2.45, 2.75) is 52.4 Å². The second kappa shape index (κ2) is 7.64. The Morgan fingerprint density at radius 1 is 0.926 bits per heavy atom. The number of phenolic OH excluding ortho intramolecular Hbond substituents is 1. The van der Waals surface area contributed by atoms with E-state index < -0.39 is 0 Å². The molecule has 2 aromatic rings. The Balaban J connectivity index is 2.43. The second-order valence-electron chi connectivity index (χ2n) is 8.64. The molecular weight excluding hydrogens is 376 g/mol. The van der Waals surface area contributed by atoms with E-state index in [0.29, 0.717) is 27.7 Å². The number of phenols is 1. The van der Waals surface area contributed by atoms with Gasteiger partial charge in [-0.2, -0.15) is 0 Å². The first-order valence-electron chi connectivity index (χ1n) is 8.74. The smallest absolute Gasteiger partial charge is 0.216 e. The van der Waals surface area contributed by atoms with Crippen LogP contribution in [-0.4, -0.2) is 15.3 Å². The standard InChI is InChI=1S/C22H26O3S2/c1-21(2,3)16-11-15(12-17(18(16)23)22(4,5)6)25-20(27)14-9-7-13(8-10-14)19(24)26/h7-12,23H,1-6H3,(H,24,26). The Labute approximate surface area is 172 Å². The predicted molar refractivity (Wildman–Crippen MR) is 118 cm³/mol. The second-order valence-corrected chi connectivity index (χ2v) is 9.42. The fourth-order valence-corrected chi connectivity index (χ4v) is 3.11. The summed E-state index contributed by atoms with van der Waals surface area (Å²) in [5.41, 5.74) is 2.32. The van der Waals surface area contributed by atoms with Crippen LogP contribution < -0.4 is 4.74 Å². The summed E-state index contributed by atoms with van der Waals surface area (Å²) in [6.45, 7) is 12.3. The quantitative estimate of drug-likeness (QED) is 0.502. The fourth-order valence-electron chi connectivity index (χ4n) is 2.73. The zero-order chi connectivity index (χ0) is 20.6. The number of benzene rings is 2. The van der Waals surface area contributed by atoms with Crippen LogP contribution in [0.1, 0.15) is 68.6 Å². The minimum Gasteiger partial charge on any atom is -0.507 e. The van der Waals surface area contributed by atoms with Crippen molar-refractivity contribution in [1.82, 2.24) is 0 Å². The maximum atomic E-state index is 11.3. The molecule has 0 aliphatic carbocycles. The van der Waals surface area contributed by atoms with E-state index in [4.69, 9.17) is 17.0 Å². The van der Waals surface area contributed by atoms with Gasteiger partial charge >= 0.3 is 0 Å². The minimum atomic E-state index is -0.295. The lowest BCUT2D eigenvalue weighted by molar-refractivity contribution is 0.109. The Hall–Kier alpha value is -1.85. The van der Waals surface area contributed by atoms with Gasteiger partial charge in [0.05, 0.1) is 0 Å². The van der Waals surface area contributed by atoms with Gasteiger partial charge in [-0.25, -0.2) is 0 Å². The van der Waals surface area contributed by atoms with Crippen molar-refractivity contribution in [2.24, 2.45) is 0 Å². The summed E-state index contributed by atoms with van der Waals surface area (Å²) in [5, 5.41) is 10.8. The van der Waals surface area contributed by atoms with Gasteiger partial charge in [-0.05, 0) is 59.4 Å². The molecule has 2 rings (SSSR count). The van der Waals surface area contributed by atoms with Gasteiger partial charge in [0, 0.05) is 22.3 Å². The first-order chi connectivity index (χ1) is 12.3. The molecule has 0 unspecified atom stereocenters. The van der Waals surface area contributed by atoms with Crippen molar-refractivity contribution in [3.05, 3.63) is 58.7 Å². The largest absolute Gasteiger partial charge is 0.507 e. The van der Waals surface area contributed by atoms with Crippen LogP contribution in [0.2, 0.25) is 0 Å². The van der Waals surface area contributed by atoms with Gasteiger partial charge in [0.1, 0.15) is 11.5 Å². The SMILES string of the molecule is CC(C)(C)c1cc(OC(=S)c2ccc(C(=O)S)cc2)cc(C(C)(C)C)c1O. The average Bonchev–Trinajstić information content (AvgIpc) is 2.54.